The van der Waals surface area contributed by atoms with Crippen LogP contribution in [0.2, 0.25) is 0 Å². The van der Waals surface area contributed by atoms with Crippen molar-refractivity contribution in [2.75, 3.05) is 25.7 Å². The summed E-state index contributed by atoms with van der Waals surface area (Å²) in [6.45, 7) is 1.50. The molecule has 0 saturated carbocycles. The molecule has 0 aliphatic carbocycles. The van der Waals surface area contributed by atoms with Gasteiger partial charge in [-0.2, -0.15) is 10.2 Å². The summed E-state index contributed by atoms with van der Waals surface area (Å²) in [4.78, 5) is 6.41. The van der Waals surface area contributed by atoms with E-state index in [4.69, 9.17) is 13.9 Å². The van der Waals surface area contributed by atoms with Crippen molar-refractivity contribution in [2.45, 2.75) is 13.0 Å². The molecular weight excluding hydrogens is 366 g/mol. The van der Waals surface area contributed by atoms with E-state index in [2.05, 4.69) is 34.2 Å². The maximum Gasteiger partial charge on any atom is 0.235 e. The van der Waals surface area contributed by atoms with Gasteiger partial charge in [0.2, 0.25) is 17.5 Å². The highest BCUT2D eigenvalue weighted by atomic mass is 16.5. The van der Waals surface area contributed by atoms with E-state index in [9.17, 15) is 5.26 Å². The van der Waals surface area contributed by atoms with E-state index in [1.807, 2.05) is 30.3 Å². The van der Waals surface area contributed by atoms with Gasteiger partial charge in [0, 0.05) is 19.2 Å². The van der Waals surface area contributed by atoms with Crippen molar-refractivity contribution < 1.29 is 13.9 Å². The van der Waals surface area contributed by atoms with Crippen LogP contribution in [0.4, 0.5) is 5.88 Å². The Kier molecular flexibility index (Phi) is 5.21. The minimum atomic E-state index is 0.302. The van der Waals surface area contributed by atoms with Crippen molar-refractivity contribution in [1.29, 1.82) is 5.26 Å². The maximum atomic E-state index is 9.52. The Labute approximate surface area is 169 Å². The van der Waals surface area contributed by atoms with Crippen LogP contribution in [-0.4, -0.2) is 25.7 Å². The van der Waals surface area contributed by atoms with Crippen molar-refractivity contribution in [3.63, 3.8) is 0 Å². The second-order valence-corrected chi connectivity index (χ2v) is 6.71. The van der Waals surface area contributed by atoms with Gasteiger partial charge in [0.05, 0.1) is 14.2 Å². The fraction of sp³-hybridized carbons (Fsp3) is 0.217. The van der Waals surface area contributed by atoms with Crippen LogP contribution >= 0.6 is 0 Å². The number of anilines is 1. The molecule has 146 valence electrons. The van der Waals surface area contributed by atoms with Crippen LogP contribution in [-0.2, 0) is 13.0 Å². The molecule has 0 spiro atoms. The Hall–Kier alpha value is -3.72. The first-order chi connectivity index (χ1) is 14.2. The maximum absolute atomic E-state index is 9.52. The third-order valence-corrected chi connectivity index (χ3v) is 4.98. The van der Waals surface area contributed by atoms with Crippen LogP contribution in [0.3, 0.4) is 0 Å². The fourth-order valence-corrected chi connectivity index (χ4v) is 3.48. The zero-order valence-corrected chi connectivity index (χ0v) is 16.4. The number of benzene rings is 2. The molecule has 2 heterocycles. The van der Waals surface area contributed by atoms with Crippen LogP contribution < -0.4 is 14.4 Å². The summed E-state index contributed by atoms with van der Waals surface area (Å²) in [5.41, 5.74) is 3.81. The number of aromatic nitrogens is 1. The first kappa shape index (κ1) is 18.6. The van der Waals surface area contributed by atoms with Gasteiger partial charge in [-0.15, -0.1) is 0 Å². The lowest BCUT2D eigenvalue weighted by Crippen LogP contribution is -2.30. The smallest absolute Gasteiger partial charge is 0.235 e. The third kappa shape index (κ3) is 3.81. The topological polar surface area (TPSA) is 71.5 Å². The molecule has 4 rings (SSSR count). The summed E-state index contributed by atoms with van der Waals surface area (Å²) in [5, 5.41) is 9.52. The number of nitriles is 1. The summed E-state index contributed by atoms with van der Waals surface area (Å²) in [5.74, 6) is 2.23. The Bertz CT molecular complexity index is 1090. The molecule has 0 atom stereocenters. The predicted molar refractivity (Wildman–Crippen MR) is 111 cm³/mol. The summed E-state index contributed by atoms with van der Waals surface area (Å²) in [6, 6.07) is 16.1. The Balaban J connectivity index is 1.57. The molecule has 0 fully saturated rings. The third-order valence-electron chi connectivity index (χ3n) is 4.98. The first-order valence-electron chi connectivity index (χ1n) is 9.34. The van der Waals surface area contributed by atoms with Gasteiger partial charge in [-0.3, -0.25) is 0 Å². The van der Waals surface area contributed by atoms with Crippen LogP contribution in [0, 0.1) is 11.3 Å². The average Bonchev–Trinajstić information content (AvgIpc) is 3.20. The lowest BCUT2D eigenvalue weighted by molar-refractivity contribution is 0.355. The molecule has 0 amide bonds. The molecular formula is C23H21N3O3. The summed E-state index contributed by atoms with van der Waals surface area (Å²) < 4.78 is 16.5. The highest BCUT2D eigenvalue weighted by Gasteiger charge is 2.23. The number of hydrogen-bond donors (Lipinski definition) is 0. The lowest BCUT2D eigenvalue weighted by Gasteiger charge is -2.28. The first-order valence-corrected chi connectivity index (χ1v) is 9.34. The number of rotatable bonds is 5. The second kappa shape index (κ2) is 8.11. The van der Waals surface area contributed by atoms with E-state index in [1.54, 1.807) is 20.3 Å². The quantitative estimate of drug-likeness (QED) is 0.650. The molecule has 1 aromatic heterocycles. The minimum Gasteiger partial charge on any atom is -0.493 e. The van der Waals surface area contributed by atoms with E-state index >= 15 is 0 Å². The summed E-state index contributed by atoms with van der Waals surface area (Å²) in [7, 11) is 3.20. The van der Waals surface area contributed by atoms with Gasteiger partial charge in [-0.25, -0.2) is 0 Å². The fourth-order valence-electron chi connectivity index (χ4n) is 3.48. The monoisotopic (exact) mass is 387 g/mol. The van der Waals surface area contributed by atoms with Crippen LogP contribution in [0.5, 0.6) is 11.5 Å². The molecule has 6 nitrogen and oxygen atoms in total. The molecule has 0 N–H and O–H groups in total. The number of methoxy groups -OCH3 is 2. The second-order valence-electron chi connectivity index (χ2n) is 6.71. The number of nitrogens with zero attached hydrogens (tertiary/aromatic N) is 3. The predicted octanol–water partition coefficient (Wildman–Crippen LogP) is 4.30. The Morgan fingerprint density at radius 1 is 1.07 bits per heavy atom. The number of ether oxygens (including phenoxy) is 2. The highest BCUT2D eigenvalue weighted by molar-refractivity contribution is 5.69. The number of fused-ring (bicyclic) bond motifs is 1. The van der Waals surface area contributed by atoms with Gasteiger partial charge in [0.1, 0.15) is 6.07 Å². The zero-order chi connectivity index (χ0) is 20.2. The molecule has 29 heavy (non-hydrogen) atoms. The summed E-state index contributed by atoms with van der Waals surface area (Å²) >= 11 is 0. The minimum absolute atomic E-state index is 0.302. The normalized spacial score (nSPS) is 13.2. The Morgan fingerprint density at radius 2 is 1.86 bits per heavy atom. The van der Waals surface area contributed by atoms with E-state index < -0.39 is 0 Å². The highest BCUT2D eigenvalue weighted by Crippen LogP contribution is 2.30. The Morgan fingerprint density at radius 3 is 2.62 bits per heavy atom. The van der Waals surface area contributed by atoms with E-state index in [1.165, 1.54) is 11.1 Å². The summed E-state index contributed by atoms with van der Waals surface area (Å²) in [6.07, 6.45) is 4.53. The van der Waals surface area contributed by atoms with Crippen LogP contribution in [0.25, 0.3) is 12.2 Å². The van der Waals surface area contributed by atoms with E-state index in [-0.39, 0.29) is 0 Å². The van der Waals surface area contributed by atoms with E-state index in [0.717, 1.165) is 18.5 Å². The van der Waals surface area contributed by atoms with Gasteiger partial charge in [-0.1, -0.05) is 30.3 Å². The standard InChI is InChI=1S/C23H21N3O3/c1-27-20-9-7-16(13-21(20)28-2)8-10-22-25-19(14-24)23(29-22)26-12-11-17-5-3-4-6-18(17)15-26/h3-10,13H,11-12,15H2,1-2H3/b10-8+. The lowest BCUT2D eigenvalue weighted by atomic mass is 10.00. The molecule has 0 radical (unpaired) electrons. The van der Waals surface area contributed by atoms with Gasteiger partial charge >= 0.3 is 0 Å². The molecule has 2 aromatic carbocycles. The molecule has 0 saturated heterocycles. The zero-order valence-electron chi connectivity index (χ0n) is 16.4. The van der Waals surface area contributed by atoms with Crippen molar-refractivity contribution in [3.05, 3.63) is 70.7 Å². The van der Waals surface area contributed by atoms with Crippen LogP contribution in [0.15, 0.2) is 46.9 Å². The van der Waals surface area contributed by atoms with Gasteiger partial charge in [-0.05, 0) is 41.3 Å². The van der Waals surface area contributed by atoms with Crippen molar-refractivity contribution >= 4 is 18.0 Å². The van der Waals surface area contributed by atoms with Crippen molar-refractivity contribution in [1.82, 2.24) is 4.98 Å². The average molecular weight is 387 g/mol. The van der Waals surface area contributed by atoms with Crippen molar-refractivity contribution in [3.8, 4) is 17.6 Å². The molecule has 1 aliphatic heterocycles. The molecule has 6 heteroatoms. The largest absolute Gasteiger partial charge is 0.493 e. The van der Waals surface area contributed by atoms with Gasteiger partial charge in [0.15, 0.2) is 11.5 Å². The number of hydrogen-bond acceptors (Lipinski definition) is 6. The molecule has 0 bridgehead atoms. The number of oxazole rings is 1. The SMILES string of the molecule is COc1ccc(/C=C/c2nc(C#N)c(N3CCc4ccccc4C3)o2)cc1OC. The molecule has 3 aromatic rings. The van der Waals surface area contributed by atoms with E-state index in [0.29, 0.717) is 35.5 Å². The molecule has 0 unspecified atom stereocenters. The van der Waals surface area contributed by atoms with Gasteiger partial charge in [0.25, 0.3) is 0 Å². The molecule has 1 aliphatic rings. The van der Waals surface area contributed by atoms with Gasteiger partial charge < -0.3 is 18.8 Å². The van der Waals surface area contributed by atoms with Crippen LogP contribution in [0.1, 0.15) is 28.3 Å². The van der Waals surface area contributed by atoms with Crippen molar-refractivity contribution in [2.24, 2.45) is 0 Å².